The number of amides is 1. The lowest BCUT2D eigenvalue weighted by Crippen LogP contribution is -2.20. The summed E-state index contributed by atoms with van der Waals surface area (Å²) in [5.74, 6) is -0.541. The number of nitrogens with zero attached hydrogens (tertiary/aromatic N) is 3. The molecule has 0 unspecified atom stereocenters. The van der Waals surface area contributed by atoms with E-state index in [4.69, 9.17) is 10.9 Å². The highest BCUT2D eigenvalue weighted by molar-refractivity contribution is 9.10. The van der Waals surface area contributed by atoms with Crippen molar-refractivity contribution in [3.63, 3.8) is 0 Å². The van der Waals surface area contributed by atoms with E-state index in [0.29, 0.717) is 16.9 Å². The minimum atomic E-state index is -0.437. The zero-order valence-corrected chi connectivity index (χ0v) is 12.6. The van der Waals surface area contributed by atoms with Crippen LogP contribution >= 0.6 is 15.9 Å². The number of nitrogens with two attached hydrogens (primary N) is 1. The van der Waals surface area contributed by atoms with Crippen molar-refractivity contribution in [1.82, 2.24) is 9.97 Å². The molecule has 0 saturated heterocycles. The third-order valence-corrected chi connectivity index (χ3v) is 3.12. The summed E-state index contributed by atoms with van der Waals surface area (Å²) in [7, 11) is 0. The van der Waals surface area contributed by atoms with Gasteiger partial charge in [-0.15, -0.1) is 0 Å². The van der Waals surface area contributed by atoms with Gasteiger partial charge in [-0.2, -0.15) is 0 Å². The standard InChI is InChI=1S/C13H12BrN5O2/c1-7-5-17-11(6-16-7)13(20)18-10-4-8(14)2-3-9(10)12(15)19-21/h2-6,21H,1H3,(H2,15,19)(H,18,20). The van der Waals surface area contributed by atoms with Crippen LogP contribution in [0.25, 0.3) is 0 Å². The highest BCUT2D eigenvalue weighted by Crippen LogP contribution is 2.22. The highest BCUT2D eigenvalue weighted by atomic mass is 79.9. The third kappa shape index (κ3) is 3.54. The second kappa shape index (κ2) is 6.31. The van der Waals surface area contributed by atoms with Gasteiger partial charge in [-0.1, -0.05) is 21.1 Å². The van der Waals surface area contributed by atoms with Crippen molar-refractivity contribution in [2.75, 3.05) is 5.32 Å². The molecule has 108 valence electrons. The number of hydrogen-bond donors (Lipinski definition) is 3. The van der Waals surface area contributed by atoms with Crippen LogP contribution in [0.5, 0.6) is 0 Å². The van der Waals surface area contributed by atoms with Crippen molar-refractivity contribution >= 4 is 33.4 Å². The first-order valence-electron chi connectivity index (χ1n) is 5.88. The van der Waals surface area contributed by atoms with Gasteiger partial charge in [-0.05, 0) is 25.1 Å². The number of benzene rings is 1. The molecule has 0 fully saturated rings. The average molecular weight is 350 g/mol. The van der Waals surface area contributed by atoms with Crippen molar-refractivity contribution in [2.24, 2.45) is 10.9 Å². The maximum atomic E-state index is 12.1. The molecular weight excluding hydrogens is 338 g/mol. The van der Waals surface area contributed by atoms with Gasteiger partial charge in [0.1, 0.15) is 5.69 Å². The fourth-order valence-electron chi connectivity index (χ4n) is 1.59. The average Bonchev–Trinajstić information content (AvgIpc) is 2.47. The van der Waals surface area contributed by atoms with Gasteiger partial charge in [-0.3, -0.25) is 9.78 Å². The lowest BCUT2D eigenvalue weighted by molar-refractivity contribution is 0.102. The van der Waals surface area contributed by atoms with Crippen LogP contribution in [0, 0.1) is 6.92 Å². The summed E-state index contributed by atoms with van der Waals surface area (Å²) in [5, 5.41) is 14.4. The molecule has 7 nitrogen and oxygen atoms in total. The SMILES string of the molecule is Cc1cnc(C(=O)Nc2cc(Br)ccc2/C(N)=N/O)cn1. The Morgan fingerprint density at radius 3 is 2.76 bits per heavy atom. The van der Waals surface area contributed by atoms with Crippen molar-refractivity contribution in [3.05, 3.63) is 52.0 Å². The van der Waals surface area contributed by atoms with E-state index in [0.717, 1.165) is 4.47 Å². The lowest BCUT2D eigenvalue weighted by atomic mass is 10.1. The molecular formula is C13H12BrN5O2. The molecule has 0 saturated carbocycles. The zero-order valence-electron chi connectivity index (χ0n) is 11.0. The maximum absolute atomic E-state index is 12.1. The van der Waals surface area contributed by atoms with Gasteiger partial charge in [0.05, 0.1) is 17.6 Å². The first-order chi connectivity index (χ1) is 10.0. The van der Waals surface area contributed by atoms with E-state index in [1.165, 1.54) is 12.4 Å². The molecule has 1 amide bonds. The Morgan fingerprint density at radius 2 is 2.14 bits per heavy atom. The summed E-state index contributed by atoms with van der Waals surface area (Å²) in [6.07, 6.45) is 2.88. The second-order valence-electron chi connectivity index (χ2n) is 4.17. The number of carbonyl (C=O) groups excluding carboxylic acids is 1. The second-order valence-corrected chi connectivity index (χ2v) is 5.09. The molecule has 4 N–H and O–H groups in total. The predicted octanol–water partition coefficient (Wildman–Crippen LogP) is 1.89. The minimum absolute atomic E-state index is 0.104. The Morgan fingerprint density at radius 1 is 1.38 bits per heavy atom. The van der Waals surface area contributed by atoms with Gasteiger partial charge in [-0.25, -0.2) is 4.98 Å². The molecule has 0 spiro atoms. The summed E-state index contributed by atoms with van der Waals surface area (Å²) in [4.78, 5) is 20.1. The van der Waals surface area contributed by atoms with Crippen molar-refractivity contribution < 1.29 is 10.0 Å². The van der Waals surface area contributed by atoms with Crippen LogP contribution in [0.2, 0.25) is 0 Å². The van der Waals surface area contributed by atoms with Gasteiger partial charge in [0, 0.05) is 16.2 Å². The first-order valence-corrected chi connectivity index (χ1v) is 6.68. The monoisotopic (exact) mass is 349 g/mol. The molecule has 2 aromatic rings. The van der Waals surface area contributed by atoms with Crippen molar-refractivity contribution in [2.45, 2.75) is 6.92 Å². The topological polar surface area (TPSA) is 113 Å². The number of nitrogens with one attached hydrogen (secondary N) is 1. The first kappa shape index (κ1) is 14.9. The Hall–Kier alpha value is -2.48. The van der Waals surface area contributed by atoms with Crippen LogP contribution in [-0.4, -0.2) is 26.9 Å². The predicted molar refractivity (Wildman–Crippen MR) is 81.4 cm³/mol. The smallest absolute Gasteiger partial charge is 0.275 e. The number of rotatable bonds is 3. The molecule has 0 atom stereocenters. The fourth-order valence-corrected chi connectivity index (χ4v) is 1.95. The third-order valence-electron chi connectivity index (χ3n) is 2.63. The number of aromatic nitrogens is 2. The fraction of sp³-hybridized carbons (Fsp3) is 0.0769. The summed E-state index contributed by atoms with van der Waals surface area (Å²) in [5.41, 5.74) is 7.26. The molecule has 1 aromatic heterocycles. The molecule has 1 heterocycles. The number of oxime groups is 1. The quantitative estimate of drug-likeness (QED) is 0.339. The summed E-state index contributed by atoms with van der Waals surface area (Å²) < 4.78 is 0.738. The van der Waals surface area contributed by atoms with E-state index in [2.05, 4.69) is 36.4 Å². The molecule has 0 aliphatic carbocycles. The Balaban J connectivity index is 2.32. The van der Waals surface area contributed by atoms with Gasteiger partial charge < -0.3 is 16.3 Å². The molecule has 0 radical (unpaired) electrons. The van der Waals surface area contributed by atoms with Crippen LogP contribution in [0.3, 0.4) is 0 Å². The summed E-state index contributed by atoms with van der Waals surface area (Å²) >= 11 is 3.30. The van der Waals surface area contributed by atoms with E-state index >= 15 is 0 Å². The van der Waals surface area contributed by atoms with E-state index in [-0.39, 0.29) is 11.5 Å². The molecule has 21 heavy (non-hydrogen) atoms. The molecule has 0 bridgehead atoms. The number of amidine groups is 1. The minimum Gasteiger partial charge on any atom is -0.409 e. The van der Waals surface area contributed by atoms with Crippen LogP contribution in [-0.2, 0) is 0 Å². The number of aryl methyl sites for hydroxylation is 1. The maximum Gasteiger partial charge on any atom is 0.275 e. The Bertz CT molecular complexity index is 700. The van der Waals surface area contributed by atoms with E-state index in [1.807, 2.05) is 0 Å². The normalized spacial score (nSPS) is 11.2. The summed E-state index contributed by atoms with van der Waals surface area (Å²) in [6, 6.07) is 4.98. The molecule has 1 aromatic carbocycles. The van der Waals surface area contributed by atoms with Gasteiger partial charge >= 0.3 is 0 Å². The van der Waals surface area contributed by atoms with Crippen LogP contribution < -0.4 is 11.1 Å². The van der Waals surface area contributed by atoms with E-state index in [1.54, 1.807) is 25.1 Å². The van der Waals surface area contributed by atoms with Crippen molar-refractivity contribution in [1.29, 1.82) is 0 Å². The highest BCUT2D eigenvalue weighted by Gasteiger charge is 2.13. The zero-order chi connectivity index (χ0) is 15.4. The Kier molecular flexibility index (Phi) is 4.49. The Labute approximate surface area is 129 Å². The van der Waals surface area contributed by atoms with Crippen LogP contribution in [0.15, 0.2) is 40.2 Å². The van der Waals surface area contributed by atoms with Gasteiger partial charge in [0.2, 0.25) is 0 Å². The molecule has 0 aliphatic rings. The van der Waals surface area contributed by atoms with Gasteiger partial charge in [0.15, 0.2) is 5.84 Å². The number of carbonyl (C=O) groups is 1. The van der Waals surface area contributed by atoms with Crippen molar-refractivity contribution in [3.8, 4) is 0 Å². The van der Waals surface area contributed by atoms with Crippen LogP contribution in [0.4, 0.5) is 5.69 Å². The number of hydrogen-bond acceptors (Lipinski definition) is 5. The number of anilines is 1. The molecule has 0 aliphatic heterocycles. The van der Waals surface area contributed by atoms with E-state index < -0.39 is 5.91 Å². The number of halogens is 1. The summed E-state index contributed by atoms with van der Waals surface area (Å²) in [6.45, 7) is 1.78. The van der Waals surface area contributed by atoms with E-state index in [9.17, 15) is 4.79 Å². The molecule has 8 heteroatoms. The largest absolute Gasteiger partial charge is 0.409 e. The lowest BCUT2D eigenvalue weighted by Gasteiger charge is -2.10. The van der Waals surface area contributed by atoms with Gasteiger partial charge in [0.25, 0.3) is 5.91 Å². The molecule has 2 rings (SSSR count). The van der Waals surface area contributed by atoms with Crippen LogP contribution in [0.1, 0.15) is 21.7 Å².